The monoisotopic (exact) mass is 258 g/mol. The van der Waals surface area contributed by atoms with Crippen molar-refractivity contribution in [2.45, 2.75) is 13.8 Å². The van der Waals surface area contributed by atoms with Gasteiger partial charge < -0.3 is 5.32 Å². The van der Waals surface area contributed by atoms with Crippen molar-refractivity contribution in [3.8, 4) is 6.07 Å². The van der Waals surface area contributed by atoms with Crippen molar-refractivity contribution in [1.82, 2.24) is 0 Å². The van der Waals surface area contributed by atoms with Gasteiger partial charge in [0.15, 0.2) is 11.6 Å². The van der Waals surface area contributed by atoms with Gasteiger partial charge in [0, 0.05) is 5.69 Å². The van der Waals surface area contributed by atoms with Gasteiger partial charge in [-0.1, -0.05) is 12.1 Å². The second kappa shape index (κ2) is 5.07. The Labute approximate surface area is 110 Å². The highest BCUT2D eigenvalue weighted by atomic mass is 19.1. The third-order valence-corrected chi connectivity index (χ3v) is 2.82. The first kappa shape index (κ1) is 13.0. The van der Waals surface area contributed by atoms with Crippen molar-refractivity contribution in [2.75, 3.05) is 5.32 Å². The number of benzene rings is 2. The molecule has 0 heterocycles. The zero-order valence-electron chi connectivity index (χ0n) is 10.6. The third kappa shape index (κ3) is 2.71. The number of hydrogen-bond acceptors (Lipinski definition) is 2. The van der Waals surface area contributed by atoms with Crippen LogP contribution in [0.2, 0.25) is 0 Å². The first-order valence-electron chi connectivity index (χ1n) is 5.74. The minimum absolute atomic E-state index is 0.0403. The summed E-state index contributed by atoms with van der Waals surface area (Å²) in [7, 11) is 0. The van der Waals surface area contributed by atoms with Crippen LogP contribution in [-0.2, 0) is 0 Å². The van der Waals surface area contributed by atoms with E-state index < -0.39 is 11.6 Å². The van der Waals surface area contributed by atoms with Gasteiger partial charge in [-0.2, -0.15) is 5.26 Å². The molecule has 0 aliphatic rings. The van der Waals surface area contributed by atoms with Gasteiger partial charge in [0.25, 0.3) is 0 Å². The Balaban J connectivity index is 2.44. The summed E-state index contributed by atoms with van der Waals surface area (Å²) in [6, 6.07) is 9.34. The van der Waals surface area contributed by atoms with Gasteiger partial charge >= 0.3 is 0 Å². The molecule has 2 aromatic rings. The smallest absolute Gasteiger partial charge is 0.150 e. The Hall–Kier alpha value is -2.41. The minimum Gasteiger partial charge on any atom is -0.351 e. The Morgan fingerprint density at radius 2 is 1.68 bits per heavy atom. The molecule has 96 valence electrons. The van der Waals surface area contributed by atoms with Crippen LogP contribution in [0, 0.1) is 36.8 Å². The number of nitriles is 1. The third-order valence-electron chi connectivity index (χ3n) is 2.82. The summed E-state index contributed by atoms with van der Waals surface area (Å²) < 4.78 is 27.5. The summed E-state index contributed by atoms with van der Waals surface area (Å²) in [4.78, 5) is 0. The molecule has 0 aliphatic heterocycles. The summed E-state index contributed by atoms with van der Waals surface area (Å²) in [5.41, 5.74) is 2.23. The molecule has 0 bridgehead atoms. The van der Waals surface area contributed by atoms with Crippen LogP contribution in [0.15, 0.2) is 30.3 Å². The van der Waals surface area contributed by atoms with E-state index in [1.807, 2.05) is 32.0 Å². The van der Waals surface area contributed by atoms with E-state index >= 15 is 0 Å². The van der Waals surface area contributed by atoms with Gasteiger partial charge in [-0.25, -0.2) is 8.78 Å². The molecule has 2 rings (SSSR count). The highest BCUT2D eigenvalue weighted by molar-refractivity contribution is 5.65. The molecule has 0 saturated carbocycles. The van der Waals surface area contributed by atoms with Crippen LogP contribution in [0.1, 0.15) is 16.7 Å². The molecule has 2 nitrogen and oxygen atoms in total. The van der Waals surface area contributed by atoms with Crippen molar-refractivity contribution < 1.29 is 8.78 Å². The lowest BCUT2D eigenvalue weighted by Gasteiger charge is -2.12. The van der Waals surface area contributed by atoms with Crippen molar-refractivity contribution in [3.05, 3.63) is 58.7 Å². The quantitative estimate of drug-likeness (QED) is 0.876. The number of nitrogens with zero attached hydrogens (tertiary/aromatic N) is 1. The van der Waals surface area contributed by atoms with Crippen molar-refractivity contribution in [3.63, 3.8) is 0 Å². The molecular weight excluding hydrogens is 246 g/mol. The Morgan fingerprint density at radius 1 is 1.05 bits per heavy atom. The van der Waals surface area contributed by atoms with E-state index in [1.165, 1.54) is 0 Å². The fourth-order valence-corrected chi connectivity index (χ4v) is 1.76. The van der Waals surface area contributed by atoms with Crippen LogP contribution in [0.25, 0.3) is 0 Å². The fraction of sp³-hybridized carbons (Fsp3) is 0.133. The molecule has 19 heavy (non-hydrogen) atoms. The van der Waals surface area contributed by atoms with E-state index in [0.717, 1.165) is 23.3 Å². The van der Waals surface area contributed by atoms with Crippen LogP contribution in [0.4, 0.5) is 20.2 Å². The predicted molar refractivity (Wildman–Crippen MR) is 70.3 cm³/mol. The average Bonchev–Trinajstić information content (AvgIpc) is 2.37. The molecule has 1 N–H and O–H groups in total. The van der Waals surface area contributed by atoms with E-state index in [2.05, 4.69) is 5.32 Å². The largest absolute Gasteiger partial charge is 0.351 e. The molecule has 0 saturated heterocycles. The van der Waals surface area contributed by atoms with Gasteiger partial charge in [0.05, 0.1) is 11.6 Å². The number of aryl methyl sites for hydroxylation is 2. The first-order chi connectivity index (χ1) is 9.01. The fourth-order valence-electron chi connectivity index (χ4n) is 1.76. The summed E-state index contributed by atoms with van der Waals surface area (Å²) >= 11 is 0. The lowest BCUT2D eigenvalue weighted by molar-refractivity contribution is 0.590. The summed E-state index contributed by atoms with van der Waals surface area (Å²) in [5.74, 6) is -1.56. The lowest BCUT2D eigenvalue weighted by atomic mass is 10.1. The number of rotatable bonds is 2. The Morgan fingerprint density at radius 3 is 2.26 bits per heavy atom. The Bertz CT molecular complexity index is 649. The average molecular weight is 258 g/mol. The molecule has 0 unspecified atom stereocenters. The number of nitrogens with one attached hydrogen (secondary N) is 1. The van der Waals surface area contributed by atoms with Crippen LogP contribution in [0.3, 0.4) is 0 Å². The van der Waals surface area contributed by atoms with Crippen LogP contribution >= 0.6 is 0 Å². The first-order valence-corrected chi connectivity index (χ1v) is 5.74. The van der Waals surface area contributed by atoms with E-state index in [1.54, 1.807) is 6.07 Å². The summed E-state index contributed by atoms with van der Waals surface area (Å²) in [6.07, 6.45) is 0. The Kier molecular flexibility index (Phi) is 3.48. The van der Waals surface area contributed by atoms with Crippen LogP contribution in [-0.4, -0.2) is 0 Å². The highest BCUT2D eigenvalue weighted by Crippen LogP contribution is 2.27. The van der Waals surface area contributed by atoms with Crippen LogP contribution < -0.4 is 5.32 Å². The minimum atomic E-state index is -0.780. The summed E-state index contributed by atoms with van der Waals surface area (Å²) in [6.45, 7) is 3.75. The maximum absolute atomic E-state index is 13.8. The number of hydrogen-bond donors (Lipinski definition) is 1. The van der Waals surface area contributed by atoms with Gasteiger partial charge in [-0.3, -0.25) is 0 Å². The predicted octanol–water partition coefficient (Wildman–Crippen LogP) is 4.20. The standard InChI is InChI=1S/C15H12F2N2/c1-9-3-4-10(2)14(5-9)19-15-12(16)6-11(8-18)7-13(15)17/h3-7,19H,1-2H3. The molecule has 0 spiro atoms. The molecule has 0 amide bonds. The highest BCUT2D eigenvalue weighted by Gasteiger charge is 2.12. The molecule has 0 aromatic heterocycles. The van der Waals surface area contributed by atoms with E-state index in [9.17, 15) is 8.78 Å². The maximum Gasteiger partial charge on any atom is 0.150 e. The van der Waals surface area contributed by atoms with Crippen LogP contribution in [0.5, 0.6) is 0 Å². The molecule has 0 atom stereocenters. The molecular formula is C15H12F2N2. The van der Waals surface area contributed by atoms with Crippen molar-refractivity contribution in [1.29, 1.82) is 5.26 Å². The molecule has 4 heteroatoms. The number of anilines is 2. The van der Waals surface area contributed by atoms with Crippen molar-refractivity contribution >= 4 is 11.4 Å². The van der Waals surface area contributed by atoms with E-state index in [4.69, 9.17) is 5.26 Å². The lowest BCUT2D eigenvalue weighted by Crippen LogP contribution is -2.00. The van der Waals surface area contributed by atoms with Crippen molar-refractivity contribution in [2.24, 2.45) is 0 Å². The van der Waals surface area contributed by atoms with Gasteiger partial charge in [0.1, 0.15) is 5.69 Å². The zero-order chi connectivity index (χ0) is 14.0. The molecule has 0 radical (unpaired) electrons. The van der Waals surface area contributed by atoms with Gasteiger partial charge in [0.2, 0.25) is 0 Å². The maximum atomic E-state index is 13.8. The topological polar surface area (TPSA) is 35.8 Å². The SMILES string of the molecule is Cc1ccc(C)c(Nc2c(F)cc(C#N)cc2F)c1. The zero-order valence-corrected chi connectivity index (χ0v) is 10.6. The second-order valence-corrected chi connectivity index (χ2v) is 4.37. The molecule has 0 aliphatic carbocycles. The van der Waals surface area contributed by atoms with Gasteiger partial charge in [-0.15, -0.1) is 0 Å². The second-order valence-electron chi connectivity index (χ2n) is 4.37. The normalized spacial score (nSPS) is 10.1. The van der Waals surface area contributed by atoms with Gasteiger partial charge in [-0.05, 0) is 43.2 Å². The molecule has 0 fully saturated rings. The van der Waals surface area contributed by atoms with E-state index in [0.29, 0.717) is 5.69 Å². The van der Waals surface area contributed by atoms with E-state index in [-0.39, 0.29) is 11.3 Å². The summed E-state index contributed by atoms with van der Waals surface area (Å²) in [5, 5.41) is 11.4. The number of halogens is 2. The molecule has 2 aromatic carbocycles.